The van der Waals surface area contributed by atoms with Crippen molar-refractivity contribution in [2.45, 2.75) is 22.9 Å². The Balaban J connectivity index is 2.58. The highest BCUT2D eigenvalue weighted by molar-refractivity contribution is 9.10. The molecule has 30 heavy (non-hydrogen) atoms. The van der Waals surface area contributed by atoms with E-state index in [0.29, 0.717) is 17.8 Å². The van der Waals surface area contributed by atoms with Gasteiger partial charge in [0.25, 0.3) is 5.91 Å². The molecule has 0 spiro atoms. The summed E-state index contributed by atoms with van der Waals surface area (Å²) in [5.74, 6) is -2.13. The Morgan fingerprint density at radius 1 is 1.07 bits per heavy atom. The van der Waals surface area contributed by atoms with Crippen LogP contribution in [0.1, 0.15) is 15.9 Å². The van der Waals surface area contributed by atoms with Crippen molar-refractivity contribution in [2.75, 3.05) is 17.3 Å². The Kier molecular flexibility index (Phi) is 6.67. The van der Waals surface area contributed by atoms with Gasteiger partial charge in [-0.15, -0.1) is 11.8 Å². The fourth-order valence-electron chi connectivity index (χ4n) is 2.46. The van der Waals surface area contributed by atoms with Crippen LogP contribution < -0.4 is 11.1 Å². The van der Waals surface area contributed by atoms with Crippen molar-refractivity contribution in [3.8, 4) is 0 Å². The SMILES string of the molecule is CSc1cc(C(F)(C(F)(F)F)C(F)(F)F)cc(Br)c1NC(=O)c1cccc(N)c1F. The van der Waals surface area contributed by atoms with E-state index < -0.39 is 45.3 Å². The molecule has 0 saturated heterocycles. The summed E-state index contributed by atoms with van der Waals surface area (Å²) in [6.07, 6.45) is -11.3. The number of rotatable bonds is 4. The van der Waals surface area contributed by atoms with Gasteiger partial charge in [0.05, 0.1) is 16.9 Å². The lowest BCUT2D eigenvalue weighted by Crippen LogP contribution is -2.50. The fraction of sp³-hybridized carbons (Fsp3) is 0.235. The lowest BCUT2D eigenvalue weighted by atomic mass is 9.94. The molecule has 0 atom stereocenters. The first-order chi connectivity index (χ1) is 13.6. The van der Waals surface area contributed by atoms with E-state index in [4.69, 9.17) is 5.73 Å². The number of hydrogen-bond acceptors (Lipinski definition) is 3. The second-order valence-corrected chi connectivity index (χ2v) is 7.55. The van der Waals surface area contributed by atoms with Crippen molar-refractivity contribution < 1.29 is 39.9 Å². The number of alkyl halides is 7. The van der Waals surface area contributed by atoms with Crippen LogP contribution in [0.2, 0.25) is 0 Å². The van der Waals surface area contributed by atoms with Crippen LogP contribution in [0.15, 0.2) is 39.7 Å². The van der Waals surface area contributed by atoms with Crippen molar-refractivity contribution in [1.82, 2.24) is 0 Å². The summed E-state index contributed by atoms with van der Waals surface area (Å²) >= 11 is 3.39. The third-order valence-electron chi connectivity index (χ3n) is 3.96. The molecule has 0 bridgehead atoms. The van der Waals surface area contributed by atoms with E-state index in [0.717, 1.165) is 6.07 Å². The van der Waals surface area contributed by atoms with Gasteiger partial charge >= 0.3 is 18.0 Å². The highest BCUT2D eigenvalue weighted by Gasteiger charge is 2.73. The number of benzene rings is 2. The number of anilines is 2. The van der Waals surface area contributed by atoms with Crippen molar-refractivity contribution >= 4 is 45.0 Å². The second-order valence-electron chi connectivity index (χ2n) is 5.85. The van der Waals surface area contributed by atoms with Gasteiger partial charge in [0.15, 0.2) is 5.82 Å². The molecule has 2 aromatic rings. The largest absolute Gasteiger partial charge is 0.435 e. The van der Waals surface area contributed by atoms with E-state index >= 15 is 0 Å². The van der Waals surface area contributed by atoms with Gasteiger partial charge in [0, 0.05) is 14.9 Å². The molecule has 2 rings (SSSR count). The molecular weight excluding hydrogens is 512 g/mol. The van der Waals surface area contributed by atoms with Gasteiger partial charge in [-0.3, -0.25) is 4.79 Å². The van der Waals surface area contributed by atoms with Crippen LogP contribution >= 0.6 is 27.7 Å². The Morgan fingerprint density at radius 3 is 2.13 bits per heavy atom. The Morgan fingerprint density at radius 2 is 1.63 bits per heavy atom. The molecule has 0 aliphatic heterocycles. The molecule has 0 aromatic heterocycles. The third-order valence-corrected chi connectivity index (χ3v) is 5.35. The lowest BCUT2D eigenvalue weighted by Gasteiger charge is -2.31. The number of carbonyl (C=O) groups is 1. The Labute approximate surface area is 177 Å². The molecule has 3 nitrogen and oxygen atoms in total. The first kappa shape index (κ1) is 24.3. The molecule has 3 N–H and O–H groups in total. The molecule has 0 aliphatic rings. The highest BCUT2D eigenvalue weighted by atomic mass is 79.9. The van der Waals surface area contributed by atoms with Gasteiger partial charge < -0.3 is 11.1 Å². The van der Waals surface area contributed by atoms with Crippen molar-refractivity contribution in [3.05, 3.63) is 51.7 Å². The van der Waals surface area contributed by atoms with E-state index in [-0.39, 0.29) is 22.3 Å². The van der Waals surface area contributed by atoms with E-state index in [1.54, 1.807) is 0 Å². The maximum Gasteiger partial charge on any atom is 0.435 e. The monoisotopic (exact) mass is 522 g/mol. The minimum atomic E-state index is -6.30. The van der Waals surface area contributed by atoms with E-state index in [9.17, 15) is 39.9 Å². The average Bonchev–Trinajstić information content (AvgIpc) is 2.62. The van der Waals surface area contributed by atoms with E-state index in [2.05, 4.69) is 21.2 Å². The number of nitrogens with one attached hydrogen (secondary N) is 1. The molecule has 0 heterocycles. The van der Waals surface area contributed by atoms with Gasteiger partial charge in [-0.05, 0) is 46.5 Å². The van der Waals surface area contributed by atoms with Gasteiger partial charge in [-0.1, -0.05) is 6.07 Å². The summed E-state index contributed by atoms with van der Waals surface area (Å²) in [4.78, 5) is 12.0. The summed E-state index contributed by atoms with van der Waals surface area (Å²) in [7, 11) is 0. The smallest absolute Gasteiger partial charge is 0.396 e. The second kappa shape index (κ2) is 8.25. The number of nitrogens with two attached hydrogens (primary N) is 1. The maximum atomic E-state index is 14.4. The minimum absolute atomic E-state index is 0.256. The first-order valence-corrected chi connectivity index (χ1v) is 9.72. The van der Waals surface area contributed by atoms with Gasteiger partial charge in [0.2, 0.25) is 0 Å². The van der Waals surface area contributed by atoms with Crippen LogP contribution in [0.25, 0.3) is 0 Å². The molecule has 0 radical (unpaired) electrons. The average molecular weight is 523 g/mol. The molecule has 0 unspecified atom stereocenters. The molecule has 2 aromatic carbocycles. The standard InChI is InChI=1S/C17H11BrF8N2OS/c1-30-11-6-7(15(20,16(21,22)23)17(24,25)26)5-9(18)13(11)28-14(29)8-3-2-4-10(27)12(8)19/h2-6H,27H2,1H3,(H,28,29). The zero-order valence-electron chi connectivity index (χ0n) is 14.7. The zero-order chi connectivity index (χ0) is 23.1. The van der Waals surface area contributed by atoms with E-state index in [1.165, 1.54) is 18.4 Å². The molecule has 1 amide bonds. The van der Waals surface area contributed by atoms with Crippen molar-refractivity contribution in [2.24, 2.45) is 0 Å². The number of carbonyl (C=O) groups excluding carboxylic acids is 1. The molecule has 0 fully saturated rings. The van der Waals surface area contributed by atoms with E-state index in [1.807, 2.05) is 0 Å². The summed E-state index contributed by atoms with van der Waals surface area (Å²) in [5, 5.41) is 2.18. The van der Waals surface area contributed by atoms with Crippen LogP contribution in [-0.4, -0.2) is 24.5 Å². The number of nitrogen functional groups attached to an aromatic ring is 1. The topological polar surface area (TPSA) is 55.1 Å². The highest BCUT2D eigenvalue weighted by Crippen LogP contribution is 2.54. The summed E-state index contributed by atoms with van der Waals surface area (Å²) in [6.45, 7) is 0. The number of thioether (sulfide) groups is 1. The van der Waals surface area contributed by atoms with Crippen LogP contribution in [0.5, 0.6) is 0 Å². The third kappa shape index (κ3) is 4.22. The predicted molar refractivity (Wildman–Crippen MR) is 99.6 cm³/mol. The van der Waals surface area contributed by atoms with Crippen LogP contribution in [0.3, 0.4) is 0 Å². The summed E-state index contributed by atoms with van der Waals surface area (Å²) < 4.78 is 106. The van der Waals surface area contributed by atoms with Gasteiger partial charge in [0.1, 0.15) is 0 Å². The molecule has 0 aliphatic carbocycles. The normalized spacial score (nSPS) is 12.7. The van der Waals surface area contributed by atoms with Gasteiger partial charge in [-0.2, -0.15) is 26.3 Å². The minimum Gasteiger partial charge on any atom is -0.396 e. The summed E-state index contributed by atoms with van der Waals surface area (Å²) in [5.41, 5.74) is -3.14. The van der Waals surface area contributed by atoms with Crippen LogP contribution in [0.4, 0.5) is 46.5 Å². The lowest BCUT2D eigenvalue weighted by molar-refractivity contribution is -0.348. The first-order valence-electron chi connectivity index (χ1n) is 7.70. The number of halogens is 9. The molecule has 164 valence electrons. The maximum absolute atomic E-state index is 14.4. The number of hydrogen-bond donors (Lipinski definition) is 2. The predicted octanol–water partition coefficient (Wildman–Crippen LogP) is 6.43. The van der Waals surface area contributed by atoms with Gasteiger partial charge in [-0.25, -0.2) is 8.78 Å². The Hall–Kier alpha value is -2.02. The fourth-order valence-corrected chi connectivity index (χ4v) is 3.76. The molecule has 13 heteroatoms. The Bertz CT molecular complexity index is 963. The zero-order valence-corrected chi connectivity index (χ0v) is 17.1. The molecular formula is C17H11BrF8N2OS. The van der Waals surface area contributed by atoms with Crippen LogP contribution in [-0.2, 0) is 5.67 Å². The van der Waals surface area contributed by atoms with Crippen molar-refractivity contribution in [3.63, 3.8) is 0 Å². The number of amides is 1. The molecule has 0 saturated carbocycles. The quantitative estimate of drug-likeness (QED) is 0.276. The van der Waals surface area contributed by atoms with Crippen molar-refractivity contribution in [1.29, 1.82) is 0 Å². The van der Waals surface area contributed by atoms with Crippen LogP contribution in [0, 0.1) is 5.82 Å². The summed E-state index contributed by atoms with van der Waals surface area (Å²) in [6, 6.07) is 4.10.